The molecular weight excluding hydrogens is 304 g/mol. The second kappa shape index (κ2) is 8.15. The summed E-state index contributed by atoms with van der Waals surface area (Å²) in [7, 11) is 0. The number of hydrogen-bond donors (Lipinski definition) is 2. The second-order valence-electron chi connectivity index (χ2n) is 5.67. The Morgan fingerprint density at radius 1 is 1.08 bits per heavy atom. The molecule has 5 heteroatoms. The molecule has 1 amide bonds. The lowest BCUT2D eigenvalue weighted by atomic mass is 10.1. The van der Waals surface area contributed by atoms with Gasteiger partial charge in [-0.05, 0) is 49.1 Å². The van der Waals surface area contributed by atoms with E-state index in [0.29, 0.717) is 17.8 Å². The molecular formula is C19H22N2O3. The monoisotopic (exact) mass is 326 g/mol. The van der Waals surface area contributed by atoms with Crippen molar-refractivity contribution in [2.24, 2.45) is 0 Å². The summed E-state index contributed by atoms with van der Waals surface area (Å²) in [6, 6.07) is 12.9. The van der Waals surface area contributed by atoms with E-state index in [2.05, 4.69) is 5.32 Å². The minimum Gasteiger partial charge on any atom is -0.452 e. The molecule has 0 spiro atoms. The SMILES string of the molecule is Cc1ccc(C(=O)OCC(=O)NCCc2ccccc2C)cc1N. The molecule has 2 aromatic rings. The summed E-state index contributed by atoms with van der Waals surface area (Å²) < 4.78 is 5.00. The van der Waals surface area contributed by atoms with E-state index in [0.717, 1.165) is 12.0 Å². The predicted octanol–water partition coefficient (Wildman–Crippen LogP) is 2.40. The van der Waals surface area contributed by atoms with Crippen molar-refractivity contribution in [2.75, 3.05) is 18.9 Å². The van der Waals surface area contributed by atoms with Gasteiger partial charge in [0, 0.05) is 12.2 Å². The molecule has 0 unspecified atom stereocenters. The Bertz CT molecular complexity index is 741. The van der Waals surface area contributed by atoms with Crippen molar-refractivity contribution < 1.29 is 14.3 Å². The van der Waals surface area contributed by atoms with Crippen LogP contribution in [0.3, 0.4) is 0 Å². The van der Waals surface area contributed by atoms with E-state index in [4.69, 9.17) is 10.5 Å². The summed E-state index contributed by atoms with van der Waals surface area (Å²) in [6.07, 6.45) is 0.737. The Balaban J connectivity index is 1.75. The highest BCUT2D eigenvalue weighted by Crippen LogP contribution is 2.13. The van der Waals surface area contributed by atoms with Gasteiger partial charge in [0.05, 0.1) is 5.56 Å². The number of carbonyl (C=O) groups excluding carboxylic acids is 2. The summed E-state index contributed by atoms with van der Waals surface area (Å²) in [5.74, 6) is -0.882. The third-order valence-electron chi connectivity index (χ3n) is 3.83. The molecule has 0 aliphatic rings. The Morgan fingerprint density at radius 2 is 1.83 bits per heavy atom. The van der Waals surface area contributed by atoms with Gasteiger partial charge in [-0.1, -0.05) is 30.3 Å². The van der Waals surface area contributed by atoms with Gasteiger partial charge in [-0.2, -0.15) is 0 Å². The maximum atomic E-state index is 11.9. The van der Waals surface area contributed by atoms with Gasteiger partial charge in [0.1, 0.15) is 0 Å². The first-order valence-corrected chi connectivity index (χ1v) is 7.82. The number of anilines is 1. The third-order valence-corrected chi connectivity index (χ3v) is 3.83. The zero-order chi connectivity index (χ0) is 17.5. The van der Waals surface area contributed by atoms with Gasteiger partial charge in [-0.3, -0.25) is 4.79 Å². The van der Waals surface area contributed by atoms with Crippen molar-refractivity contribution in [1.29, 1.82) is 0 Å². The van der Waals surface area contributed by atoms with Crippen molar-refractivity contribution in [3.63, 3.8) is 0 Å². The quantitative estimate of drug-likeness (QED) is 0.631. The van der Waals surface area contributed by atoms with Crippen molar-refractivity contribution in [2.45, 2.75) is 20.3 Å². The molecule has 0 bridgehead atoms. The molecule has 0 saturated heterocycles. The molecule has 5 nitrogen and oxygen atoms in total. The van der Waals surface area contributed by atoms with Crippen LogP contribution in [-0.2, 0) is 16.0 Å². The fraction of sp³-hybridized carbons (Fsp3) is 0.263. The Hall–Kier alpha value is -2.82. The van der Waals surface area contributed by atoms with E-state index < -0.39 is 5.97 Å². The van der Waals surface area contributed by atoms with E-state index in [9.17, 15) is 9.59 Å². The summed E-state index contributed by atoms with van der Waals surface area (Å²) in [4.78, 5) is 23.7. The fourth-order valence-electron chi connectivity index (χ4n) is 2.26. The smallest absolute Gasteiger partial charge is 0.338 e. The minimum atomic E-state index is -0.559. The van der Waals surface area contributed by atoms with Gasteiger partial charge in [0.15, 0.2) is 6.61 Å². The summed E-state index contributed by atoms with van der Waals surface area (Å²) in [5, 5.41) is 2.74. The number of benzene rings is 2. The van der Waals surface area contributed by atoms with E-state index in [1.54, 1.807) is 18.2 Å². The summed E-state index contributed by atoms with van der Waals surface area (Å²) >= 11 is 0. The number of ether oxygens (including phenoxy) is 1. The molecule has 0 aromatic heterocycles. The topological polar surface area (TPSA) is 81.4 Å². The Morgan fingerprint density at radius 3 is 2.54 bits per heavy atom. The molecule has 0 saturated carbocycles. The van der Waals surface area contributed by atoms with Crippen molar-refractivity contribution in [3.05, 3.63) is 64.7 Å². The van der Waals surface area contributed by atoms with Gasteiger partial charge in [0.2, 0.25) is 0 Å². The first-order valence-electron chi connectivity index (χ1n) is 7.82. The van der Waals surface area contributed by atoms with E-state index >= 15 is 0 Å². The van der Waals surface area contributed by atoms with E-state index in [-0.39, 0.29) is 12.5 Å². The number of rotatable bonds is 6. The fourth-order valence-corrected chi connectivity index (χ4v) is 2.26. The maximum Gasteiger partial charge on any atom is 0.338 e. The second-order valence-corrected chi connectivity index (χ2v) is 5.67. The molecule has 2 aromatic carbocycles. The van der Waals surface area contributed by atoms with Crippen LogP contribution in [-0.4, -0.2) is 25.0 Å². The molecule has 126 valence electrons. The van der Waals surface area contributed by atoms with Gasteiger partial charge in [-0.15, -0.1) is 0 Å². The number of esters is 1. The van der Waals surface area contributed by atoms with Crippen LogP contribution >= 0.6 is 0 Å². The number of amides is 1. The van der Waals surface area contributed by atoms with Gasteiger partial charge >= 0.3 is 5.97 Å². The molecule has 0 fully saturated rings. The standard InChI is InChI=1S/C19H22N2O3/c1-13-5-3-4-6-15(13)9-10-21-18(22)12-24-19(23)16-8-7-14(2)17(20)11-16/h3-8,11H,9-10,12,20H2,1-2H3,(H,21,22). The predicted molar refractivity (Wildman–Crippen MR) is 93.8 cm³/mol. The zero-order valence-corrected chi connectivity index (χ0v) is 14.0. The van der Waals surface area contributed by atoms with Crippen molar-refractivity contribution in [1.82, 2.24) is 5.32 Å². The van der Waals surface area contributed by atoms with E-state index in [1.807, 2.05) is 38.1 Å². The summed E-state index contributed by atoms with van der Waals surface area (Å²) in [5.41, 5.74) is 9.88. The lowest BCUT2D eigenvalue weighted by Gasteiger charge is -2.09. The third kappa shape index (κ3) is 4.84. The van der Waals surface area contributed by atoms with E-state index in [1.165, 1.54) is 11.1 Å². The number of aryl methyl sites for hydroxylation is 2. The molecule has 0 atom stereocenters. The Labute approximate surface area is 141 Å². The lowest BCUT2D eigenvalue weighted by molar-refractivity contribution is -0.124. The number of nitrogens with two attached hydrogens (primary N) is 1. The van der Waals surface area contributed by atoms with Crippen LogP contribution in [0.15, 0.2) is 42.5 Å². The van der Waals surface area contributed by atoms with Crippen LogP contribution in [0.1, 0.15) is 27.0 Å². The molecule has 0 aliphatic heterocycles. The van der Waals surface area contributed by atoms with Crippen LogP contribution in [0.5, 0.6) is 0 Å². The van der Waals surface area contributed by atoms with Crippen LogP contribution in [0, 0.1) is 13.8 Å². The maximum absolute atomic E-state index is 11.9. The van der Waals surface area contributed by atoms with Gasteiger partial charge < -0.3 is 15.8 Å². The molecule has 24 heavy (non-hydrogen) atoms. The first kappa shape index (κ1) is 17.5. The van der Waals surface area contributed by atoms with Crippen molar-refractivity contribution in [3.8, 4) is 0 Å². The largest absolute Gasteiger partial charge is 0.452 e. The van der Waals surface area contributed by atoms with Gasteiger partial charge in [-0.25, -0.2) is 4.79 Å². The van der Waals surface area contributed by atoms with Gasteiger partial charge in [0.25, 0.3) is 5.91 Å². The number of nitrogens with one attached hydrogen (secondary N) is 1. The molecule has 2 rings (SSSR count). The zero-order valence-electron chi connectivity index (χ0n) is 14.0. The molecule has 0 radical (unpaired) electrons. The highest BCUT2D eigenvalue weighted by molar-refractivity contribution is 5.92. The van der Waals surface area contributed by atoms with Crippen LogP contribution < -0.4 is 11.1 Å². The number of carbonyl (C=O) groups is 2. The average Bonchev–Trinajstić information content (AvgIpc) is 2.57. The van der Waals surface area contributed by atoms with Crippen molar-refractivity contribution >= 4 is 17.6 Å². The highest BCUT2D eigenvalue weighted by atomic mass is 16.5. The van der Waals surface area contributed by atoms with Crippen LogP contribution in [0.25, 0.3) is 0 Å². The normalized spacial score (nSPS) is 10.2. The summed E-state index contributed by atoms with van der Waals surface area (Å²) in [6.45, 7) is 4.08. The minimum absolute atomic E-state index is 0.305. The number of nitrogen functional groups attached to an aromatic ring is 1. The first-order chi connectivity index (χ1) is 11.5. The molecule has 0 aliphatic carbocycles. The Kier molecular flexibility index (Phi) is 5.95. The average molecular weight is 326 g/mol. The van der Waals surface area contributed by atoms with Crippen LogP contribution in [0.4, 0.5) is 5.69 Å². The van der Waals surface area contributed by atoms with Crippen LogP contribution in [0.2, 0.25) is 0 Å². The molecule has 0 heterocycles. The highest BCUT2D eigenvalue weighted by Gasteiger charge is 2.11. The lowest BCUT2D eigenvalue weighted by Crippen LogP contribution is -2.30. The number of hydrogen-bond acceptors (Lipinski definition) is 4. The molecule has 3 N–H and O–H groups in total.